The number of non-ortho nitro benzene ring substituents is 1. The maximum absolute atomic E-state index is 12.3. The molecule has 8 nitrogen and oxygen atoms in total. The number of Topliss-reactive ketones (excluding diaryl/α,β-unsaturated/α-hetero) is 1. The van der Waals surface area contributed by atoms with Gasteiger partial charge in [-0.1, -0.05) is 0 Å². The SMILES string of the molecule is CC(=O)C1=C(O)C(=O)N(CC[NH+](C)C)[C@H]1c1ccc([N+](=O)[O-])cc1. The number of carbonyl (C=O) groups is 2. The Balaban J connectivity index is 2.44. The zero-order valence-corrected chi connectivity index (χ0v) is 13.8. The molecule has 0 aliphatic carbocycles. The summed E-state index contributed by atoms with van der Waals surface area (Å²) in [4.78, 5) is 37.1. The number of quaternary nitrogens is 1. The average molecular weight is 334 g/mol. The van der Waals surface area contributed by atoms with E-state index in [0.29, 0.717) is 18.7 Å². The second-order valence-corrected chi connectivity index (χ2v) is 6.03. The van der Waals surface area contributed by atoms with Gasteiger partial charge in [0.05, 0.1) is 43.7 Å². The summed E-state index contributed by atoms with van der Waals surface area (Å²) >= 11 is 0. The zero-order valence-electron chi connectivity index (χ0n) is 13.8. The van der Waals surface area contributed by atoms with E-state index in [2.05, 4.69) is 0 Å². The number of aliphatic hydroxyl groups excluding tert-OH is 1. The first kappa shape index (κ1) is 17.6. The maximum Gasteiger partial charge on any atom is 0.290 e. The summed E-state index contributed by atoms with van der Waals surface area (Å²) < 4.78 is 0. The summed E-state index contributed by atoms with van der Waals surface area (Å²) in [7, 11) is 3.86. The fraction of sp³-hybridized carbons (Fsp3) is 0.375. The fourth-order valence-corrected chi connectivity index (χ4v) is 2.71. The minimum atomic E-state index is -0.727. The van der Waals surface area contributed by atoms with Crippen LogP contribution in [0.2, 0.25) is 0 Å². The van der Waals surface area contributed by atoms with Gasteiger partial charge in [0.15, 0.2) is 11.5 Å². The highest BCUT2D eigenvalue weighted by Crippen LogP contribution is 2.37. The van der Waals surface area contributed by atoms with Gasteiger partial charge in [-0.25, -0.2) is 0 Å². The highest BCUT2D eigenvalue weighted by Gasteiger charge is 2.42. The molecule has 1 atom stereocenters. The van der Waals surface area contributed by atoms with Crippen molar-refractivity contribution in [1.29, 1.82) is 0 Å². The maximum atomic E-state index is 12.3. The van der Waals surface area contributed by atoms with Crippen LogP contribution < -0.4 is 4.90 Å². The molecule has 0 saturated carbocycles. The third-order valence-corrected chi connectivity index (χ3v) is 3.96. The molecule has 0 aromatic heterocycles. The number of ketones is 1. The molecular weight excluding hydrogens is 314 g/mol. The average Bonchev–Trinajstić information content (AvgIpc) is 2.77. The second kappa shape index (κ2) is 6.79. The highest BCUT2D eigenvalue weighted by atomic mass is 16.6. The van der Waals surface area contributed by atoms with Crippen LogP contribution in [0.25, 0.3) is 0 Å². The Hall–Kier alpha value is -2.74. The van der Waals surface area contributed by atoms with Gasteiger partial charge in [-0.3, -0.25) is 19.7 Å². The number of benzene rings is 1. The van der Waals surface area contributed by atoms with E-state index in [1.54, 1.807) is 0 Å². The van der Waals surface area contributed by atoms with Crippen molar-refractivity contribution in [2.75, 3.05) is 27.2 Å². The lowest BCUT2D eigenvalue weighted by atomic mass is 9.96. The van der Waals surface area contributed by atoms with E-state index < -0.39 is 28.4 Å². The number of carbonyl (C=O) groups excluding carboxylic acids is 2. The Morgan fingerprint density at radius 2 is 1.92 bits per heavy atom. The molecule has 1 aromatic rings. The molecule has 1 aliphatic heterocycles. The van der Waals surface area contributed by atoms with E-state index in [1.807, 2.05) is 14.1 Å². The van der Waals surface area contributed by atoms with Crippen LogP contribution in [0.15, 0.2) is 35.6 Å². The van der Waals surface area contributed by atoms with Crippen LogP contribution in [-0.2, 0) is 9.59 Å². The van der Waals surface area contributed by atoms with Crippen LogP contribution in [-0.4, -0.2) is 53.8 Å². The molecule has 2 N–H and O–H groups in total. The third-order valence-electron chi connectivity index (χ3n) is 3.96. The lowest BCUT2D eigenvalue weighted by Gasteiger charge is -2.26. The molecule has 1 amide bonds. The second-order valence-electron chi connectivity index (χ2n) is 6.03. The fourth-order valence-electron chi connectivity index (χ4n) is 2.71. The largest absolute Gasteiger partial charge is 0.503 e. The van der Waals surface area contributed by atoms with E-state index >= 15 is 0 Å². The number of nitrogens with one attached hydrogen (secondary N) is 1. The van der Waals surface area contributed by atoms with Crippen LogP contribution >= 0.6 is 0 Å². The molecule has 0 spiro atoms. The predicted molar refractivity (Wildman–Crippen MR) is 85.6 cm³/mol. The standard InChI is InChI=1S/C16H19N3O5/c1-10(20)13-14(11-4-6-12(7-5-11)19(23)24)18(9-8-17(2)3)16(22)15(13)21/h4-7,14,21H,8-9H2,1-3H3/p+1/t14-/m0/s1. The van der Waals surface area contributed by atoms with E-state index in [1.165, 1.54) is 36.1 Å². The van der Waals surface area contributed by atoms with Gasteiger partial charge in [0.25, 0.3) is 11.6 Å². The Labute approximate surface area is 139 Å². The van der Waals surface area contributed by atoms with Gasteiger partial charge in [0.2, 0.25) is 0 Å². The number of hydrogen-bond donors (Lipinski definition) is 2. The van der Waals surface area contributed by atoms with Gasteiger partial charge in [0, 0.05) is 12.1 Å². The van der Waals surface area contributed by atoms with Gasteiger partial charge < -0.3 is 14.9 Å². The molecule has 1 heterocycles. The quantitative estimate of drug-likeness (QED) is 0.564. The van der Waals surface area contributed by atoms with Gasteiger partial charge >= 0.3 is 0 Å². The van der Waals surface area contributed by atoms with Crippen LogP contribution in [0.5, 0.6) is 0 Å². The number of nitro benzene ring substituents is 1. The van der Waals surface area contributed by atoms with Crippen LogP contribution in [0.3, 0.4) is 0 Å². The summed E-state index contributed by atoms with van der Waals surface area (Å²) in [6.45, 7) is 2.27. The first-order valence-corrected chi connectivity index (χ1v) is 7.52. The summed E-state index contributed by atoms with van der Waals surface area (Å²) in [5, 5.41) is 20.9. The minimum Gasteiger partial charge on any atom is -0.503 e. The van der Waals surface area contributed by atoms with Crippen molar-refractivity contribution in [2.45, 2.75) is 13.0 Å². The summed E-state index contributed by atoms with van der Waals surface area (Å²) in [6, 6.07) is 4.93. The van der Waals surface area contributed by atoms with E-state index in [-0.39, 0.29) is 11.3 Å². The first-order chi connectivity index (χ1) is 11.2. The smallest absolute Gasteiger partial charge is 0.290 e. The number of amides is 1. The van der Waals surface area contributed by atoms with Gasteiger partial charge in [0.1, 0.15) is 0 Å². The van der Waals surface area contributed by atoms with E-state index in [9.17, 15) is 24.8 Å². The van der Waals surface area contributed by atoms with Crippen molar-refractivity contribution in [3.8, 4) is 0 Å². The van der Waals surface area contributed by atoms with Crippen LogP contribution in [0, 0.1) is 10.1 Å². The number of nitrogens with zero attached hydrogens (tertiary/aromatic N) is 2. The molecule has 0 fully saturated rings. The van der Waals surface area contributed by atoms with E-state index in [4.69, 9.17) is 0 Å². The molecule has 24 heavy (non-hydrogen) atoms. The Morgan fingerprint density at radius 3 is 2.38 bits per heavy atom. The molecule has 1 aliphatic rings. The summed E-state index contributed by atoms with van der Waals surface area (Å²) in [5.74, 6) is -1.53. The van der Waals surface area contributed by atoms with Crippen LogP contribution in [0.1, 0.15) is 18.5 Å². The molecule has 0 radical (unpaired) electrons. The van der Waals surface area contributed by atoms with Crippen LogP contribution in [0.4, 0.5) is 5.69 Å². The highest BCUT2D eigenvalue weighted by molar-refractivity contribution is 6.08. The van der Waals surface area contributed by atoms with Gasteiger partial charge in [-0.15, -0.1) is 0 Å². The van der Waals surface area contributed by atoms with Crippen molar-refractivity contribution in [3.63, 3.8) is 0 Å². The third kappa shape index (κ3) is 3.28. The molecule has 128 valence electrons. The van der Waals surface area contributed by atoms with Gasteiger partial charge in [-0.05, 0) is 24.6 Å². The lowest BCUT2D eigenvalue weighted by Crippen LogP contribution is -3.06. The Bertz CT molecular complexity index is 709. The number of hydrogen-bond acceptors (Lipinski definition) is 5. The molecule has 0 unspecified atom stereocenters. The number of nitro groups is 1. The van der Waals surface area contributed by atoms with E-state index in [0.717, 1.165) is 4.90 Å². The Morgan fingerprint density at radius 1 is 1.33 bits per heavy atom. The van der Waals surface area contributed by atoms with Gasteiger partial charge in [-0.2, -0.15) is 0 Å². The number of aliphatic hydroxyl groups is 1. The molecule has 0 saturated heterocycles. The lowest BCUT2D eigenvalue weighted by molar-refractivity contribution is -0.857. The first-order valence-electron chi connectivity index (χ1n) is 7.52. The van der Waals surface area contributed by atoms with Crippen molar-refractivity contribution >= 4 is 17.4 Å². The Kier molecular flexibility index (Phi) is 4.99. The number of likely N-dealkylation sites (N-methyl/N-ethyl adjacent to an activating group) is 1. The zero-order chi connectivity index (χ0) is 18.0. The monoisotopic (exact) mass is 334 g/mol. The van der Waals surface area contributed by atoms with Crippen molar-refractivity contribution < 1.29 is 24.5 Å². The molecular formula is C16H20N3O5+. The normalized spacial score (nSPS) is 17.8. The summed E-state index contributed by atoms with van der Waals surface area (Å²) in [6.07, 6.45) is 0. The molecule has 2 rings (SSSR count). The predicted octanol–water partition coefficient (Wildman–Crippen LogP) is 0.0237. The molecule has 1 aromatic carbocycles. The summed E-state index contributed by atoms with van der Waals surface area (Å²) in [5.41, 5.74) is 0.504. The van der Waals surface area contributed by atoms with Crippen molar-refractivity contribution in [1.82, 2.24) is 4.90 Å². The molecule has 0 bridgehead atoms. The molecule has 8 heteroatoms. The van der Waals surface area contributed by atoms with Crippen molar-refractivity contribution in [2.24, 2.45) is 0 Å². The topological polar surface area (TPSA) is 105 Å². The minimum absolute atomic E-state index is 0.0302. The number of rotatable bonds is 6. The van der Waals surface area contributed by atoms with Crippen molar-refractivity contribution in [3.05, 3.63) is 51.3 Å².